The normalized spacial score (nSPS) is 13.3. The van der Waals surface area contributed by atoms with E-state index in [0.29, 0.717) is 13.1 Å². The lowest BCUT2D eigenvalue weighted by atomic mass is 9.95. The van der Waals surface area contributed by atoms with E-state index in [1.807, 2.05) is 91.8 Å². The maximum absolute atomic E-state index is 12.5. The molecule has 3 rings (SSSR count). The lowest BCUT2D eigenvalue weighted by Gasteiger charge is -2.26. The molecule has 0 aliphatic heterocycles. The molecule has 0 aliphatic rings. The summed E-state index contributed by atoms with van der Waals surface area (Å²) in [5.41, 5.74) is 1.62. The molecule has 0 heterocycles. The Kier molecular flexibility index (Phi) is 6.63. The van der Waals surface area contributed by atoms with Gasteiger partial charge in [-0.25, -0.2) is 4.79 Å². The topological polar surface area (TPSA) is 64.6 Å². The first-order valence-corrected chi connectivity index (χ1v) is 9.45. The molecule has 0 radical (unpaired) electrons. The zero-order chi connectivity index (χ0) is 19.9. The minimum absolute atomic E-state index is 0.129. The number of rotatable bonds is 7. The minimum Gasteiger partial charge on any atom is -0.388 e. The van der Waals surface area contributed by atoms with Crippen LogP contribution in [0.15, 0.2) is 72.8 Å². The van der Waals surface area contributed by atoms with E-state index in [1.165, 1.54) is 0 Å². The van der Waals surface area contributed by atoms with Gasteiger partial charge in [0.05, 0.1) is 11.8 Å². The second kappa shape index (κ2) is 9.35. The Bertz CT molecular complexity index is 907. The van der Waals surface area contributed by atoms with E-state index >= 15 is 0 Å². The van der Waals surface area contributed by atoms with Crippen molar-refractivity contribution < 1.29 is 9.90 Å². The number of amides is 2. The first-order chi connectivity index (χ1) is 13.5. The zero-order valence-corrected chi connectivity index (χ0v) is 16.3. The summed E-state index contributed by atoms with van der Waals surface area (Å²) in [6.07, 6.45) is -0.651. The molecule has 0 aliphatic carbocycles. The Balaban J connectivity index is 1.66. The number of carbonyl (C=O) groups is 1. The van der Waals surface area contributed by atoms with Gasteiger partial charge in [-0.15, -0.1) is 0 Å². The first kappa shape index (κ1) is 19.9. The number of aliphatic hydroxyl groups is 1. The summed E-state index contributed by atoms with van der Waals surface area (Å²) in [5, 5.41) is 18.7. The Morgan fingerprint density at radius 1 is 0.964 bits per heavy atom. The van der Waals surface area contributed by atoms with Crippen LogP contribution in [0.4, 0.5) is 10.5 Å². The van der Waals surface area contributed by atoms with Crippen LogP contribution in [0.5, 0.6) is 0 Å². The molecule has 3 aromatic rings. The summed E-state index contributed by atoms with van der Waals surface area (Å²) in [6, 6.07) is 23.0. The molecule has 146 valence electrons. The van der Waals surface area contributed by atoms with Gasteiger partial charge in [-0.2, -0.15) is 0 Å². The highest BCUT2D eigenvalue weighted by Crippen LogP contribution is 2.24. The Hall–Kier alpha value is -2.89. The van der Waals surface area contributed by atoms with Gasteiger partial charge < -0.3 is 20.6 Å². The number of aliphatic hydroxyl groups excluding tert-OH is 1. The Morgan fingerprint density at radius 2 is 1.64 bits per heavy atom. The molecule has 3 N–H and O–H groups in total. The van der Waals surface area contributed by atoms with Crippen molar-refractivity contribution in [3.8, 4) is 0 Å². The fraction of sp³-hybridized carbons (Fsp3) is 0.261. The summed E-state index contributed by atoms with van der Waals surface area (Å²) in [7, 11) is 3.92. The van der Waals surface area contributed by atoms with Gasteiger partial charge in [0.15, 0.2) is 0 Å². The minimum atomic E-state index is -0.651. The van der Waals surface area contributed by atoms with Crippen LogP contribution in [0.1, 0.15) is 11.7 Å². The van der Waals surface area contributed by atoms with Crippen LogP contribution in [0, 0.1) is 5.92 Å². The molecule has 0 fully saturated rings. The molecule has 2 amide bonds. The number of nitrogens with zero attached hydrogens (tertiary/aromatic N) is 1. The number of urea groups is 1. The van der Waals surface area contributed by atoms with Crippen molar-refractivity contribution in [1.29, 1.82) is 0 Å². The largest absolute Gasteiger partial charge is 0.388 e. The number of fused-ring (bicyclic) bond motifs is 1. The molecule has 5 nitrogen and oxygen atoms in total. The monoisotopic (exact) mass is 377 g/mol. The zero-order valence-electron chi connectivity index (χ0n) is 16.3. The average Bonchev–Trinajstić information content (AvgIpc) is 2.71. The molecule has 2 atom stereocenters. The van der Waals surface area contributed by atoms with Gasteiger partial charge in [-0.05, 0) is 31.1 Å². The predicted octanol–water partition coefficient (Wildman–Crippen LogP) is 3.87. The smallest absolute Gasteiger partial charge is 0.319 e. The van der Waals surface area contributed by atoms with Crippen molar-refractivity contribution in [1.82, 2.24) is 10.2 Å². The maximum Gasteiger partial charge on any atom is 0.319 e. The van der Waals surface area contributed by atoms with E-state index in [0.717, 1.165) is 22.0 Å². The standard InChI is InChI=1S/C23H27N3O2/c1-26(2)16-19(22(27)18-10-4-3-5-11-18)15-24-23(28)25-21-14-8-12-17-9-6-7-13-20(17)21/h3-14,19,22,27H,15-16H2,1-2H3,(H2,24,25,28)/t19-,22-/m1/s1. The van der Waals surface area contributed by atoms with Crippen molar-refractivity contribution in [2.45, 2.75) is 6.10 Å². The molecular formula is C23H27N3O2. The quantitative estimate of drug-likeness (QED) is 0.586. The molecule has 3 aromatic carbocycles. The maximum atomic E-state index is 12.5. The number of benzene rings is 3. The van der Waals surface area contributed by atoms with Gasteiger partial charge in [0, 0.05) is 24.4 Å². The van der Waals surface area contributed by atoms with Crippen molar-refractivity contribution in [3.63, 3.8) is 0 Å². The highest BCUT2D eigenvalue weighted by molar-refractivity contribution is 6.01. The molecule has 0 aromatic heterocycles. The van der Waals surface area contributed by atoms with Crippen LogP contribution in [0.25, 0.3) is 10.8 Å². The van der Waals surface area contributed by atoms with Crippen LogP contribution in [0.3, 0.4) is 0 Å². The van der Waals surface area contributed by atoms with Gasteiger partial charge in [0.2, 0.25) is 0 Å². The fourth-order valence-electron chi connectivity index (χ4n) is 3.39. The summed E-state index contributed by atoms with van der Waals surface area (Å²) in [6.45, 7) is 1.02. The molecule has 5 heteroatoms. The van der Waals surface area contributed by atoms with Gasteiger partial charge in [-0.1, -0.05) is 66.7 Å². The third kappa shape index (κ3) is 5.09. The van der Waals surface area contributed by atoms with E-state index in [9.17, 15) is 9.90 Å². The summed E-state index contributed by atoms with van der Waals surface area (Å²) >= 11 is 0. The van der Waals surface area contributed by atoms with Gasteiger partial charge in [0.25, 0.3) is 0 Å². The van der Waals surface area contributed by atoms with Crippen molar-refractivity contribution >= 4 is 22.5 Å². The van der Waals surface area contributed by atoms with E-state index in [2.05, 4.69) is 10.6 Å². The van der Waals surface area contributed by atoms with Crippen LogP contribution in [-0.2, 0) is 0 Å². The Morgan fingerprint density at radius 3 is 2.39 bits per heavy atom. The van der Waals surface area contributed by atoms with Crippen LogP contribution >= 0.6 is 0 Å². The van der Waals surface area contributed by atoms with Gasteiger partial charge >= 0.3 is 6.03 Å². The number of carbonyl (C=O) groups excluding carboxylic acids is 1. The number of hydrogen-bond acceptors (Lipinski definition) is 3. The lowest BCUT2D eigenvalue weighted by Crippen LogP contribution is -2.39. The number of nitrogens with one attached hydrogen (secondary N) is 2. The molecule has 0 unspecified atom stereocenters. The summed E-state index contributed by atoms with van der Waals surface area (Å²) in [5.74, 6) is -0.129. The molecular weight excluding hydrogens is 350 g/mol. The van der Waals surface area contributed by atoms with Crippen molar-refractivity contribution in [3.05, 3.63) is 78.4 Å². The molecule has 0 saturated heterocycles. The molecule has 0 saturated carbocycles. The van der Waals surface area contributed by atoms with E-state index in [-0.39, 0.29) is 11.9 Å². The lowest BCUT2D eigenvalue weighted by molar-refractivity contribution is 0.0911. The van der Waals surface area contributed by atoms with Gasteiger partial charge in [-0.3, -0.25) is 0 Å². The van der Waals surface area contributed by atoms with Crippen molar-refractivity contribution in [2.75, 3.05) is 32.5 Å². The second-order valence-corrected chi connectivity index (χ2v) is 7.24. The SMILES string of the molecule is CN(C)C[C@@H](CNC(=O)Nc1cccc2ccccc12)[C@H](O)c1ccccc1. The third-order valence-corrected chi connectivity index (χ3v) is 4.75. The molecule has 0 bridgehead atoms. The van der Waals surface area contributed by atoms with Gasteiger partial charge in [0.1, 0.15) is 0 Å². The first-order valence-electron chi connectivity index (χ1n) is 9.45. The predicted molar refractivity (Wildman–Crippen MR) is 114 cm³/mol. The molecule has 0 spiro atoms. The van der Waals surface area contributed by atoms with Crippen LogP contribution in [0.2, 0.25) is 0 Å². The number of hydrogen-bond donors (Lipinski definition) is 3. The number of anilines is 1. The van der Waals surface area contributed by atoms with E-state index < -0.39 is 6.10 Å². The fourth-order valence-corrected chi connectivity index (χ4v) is 3.39. The third-order valence-electron chi connectivity index (χ3n) is 4.75. The highest BCUT2D eigenvalue weighted by atomic mass is 16.3. The van der Waals surface area contributed by atoms with Crippen LogP contribution < -0.4 is 10.6 Å². The van der Waals surface area contributed by atoms with Crippen LogP contribution in [-0.4, -0.2) is 43.2 Å². The second-order valence-electron chi connectivity index (χ2n) is 7.24. The molecule has 28 heavy (non-hydrogen) atoms. The summed E-state index contributed by atoms with van der Waals surface area (Å²) in [4.78, 5) is 14.5. The highest BCUT2D eigenvalue weighted by Gasteiger charge is 2.22. The van der Waals surface area contributed by atoms with E-state index in [4.69, 9.17) is 0 Å². The van der Waals surface area contributed by atoms with E-state index in [1.54, 1.807) is 0 Å². The van der Waals surface area contributed by atoms with Crippen molar-refractivity contribution in [2.24, 2.45) is 5.92 Å². The Labute approximate surface area is 166 Å². The average molecular weight is 377 g/mol. The summed E-state index contributed by atoms with van der Waals surface area (Å²) < 4.78 is 0.